The highest BCUT2D eigenvalue weighted by molar-refractivity contribution is 5.69. The number of anilines is 1. The first-order valence-electron chi connectivity index (χ1n) is 5.63. The van der Waals surface area contributed by atoms with Crippen molar-refractivity contribution in [3.63, 3.8) is 0 Å². The van der Waals surface area contributed by atoms with Crippen LogP contribution in [0.15, 0.2) is 30.5 Å². The van der Waals surface area contributed by atoms with Gasteiger partial charge in [-0.15, -0.1) is 0 Å². The van der Waals surface area contributed by atoms with Crippen molar-refractivity contribution in [1.29, 1.82) is 0 Å². The fourth-order valence-corrected chi connectivity index (χ4v) is 1.60. The van der Waals surface area contributed by atoms with Crippen molar-refractivity contribution in [2.45, 2.75) is 6.92 Å². The van der Waals surface area contributed by atoms with Gasteiger partial charge in [0.1, 0.15) is 12.0 Å². The Kier molecular flexibility index (Phi) is 3.65. The molecule has 2 aromatic rings. The van der Waals surface area contributed by atoms with E-state index < -0.39 is 10.7 Å². The Morgan fingerprint density at radius 2 is 2.26 bits per heavy atom. The van der Waals surface area contributed by atoms with Gasteiger partial charge in [0, 0.05) is 12.1 Å². The SMILES string of the molecule is CCNc1ncc([N+](=O)[O-])c(-c2cccc(F)c2)n1. The standard InChI is InChI=1S/C12H11FN4O2/c1-2-14-12-15-7-10(17(18)19)11(16-12)8-4-3-5-9(13)6-8/h3-7H,2H2,1H3,(H,14,15,16). The summed E-state index contributed by atoms with van der Waals surface area (Å²) in [5.41, 5.74) is 0.177. The third-order valence-corrected chi connectivity index (χ3v) is 2.40. The second kappa shape index (κ2) is 5.38. The summed E-state index contributed by atoms with van der Waals surface area (Å²) in [7, 11) is 0. The summed E-state index contributed by atoms with van der Waals surface area (Å²) in [4.78, 5) is 18.3. The minimum absolute atomic E-state index is 0.0930. The number of nitrogens with one attached hydrogen (secondary N) is 1. The van der Waals surface area contributed by atoms with E-state index in [1.54, 1.807) is 6.07 Å². The Labute approximate surface area is 108 Å². The number of rotatable bonds is 4. The van der Waals surface area contributed by atoms with Crippen LogP contribution in [0.1, 0.15) is 6.92 Å². The quantitative estimate of drug-likeness (QED) is 0.676. The molecule has 0 saturated carbocycles. The Bertz CT molecular complexity index is 618. The lowest BCUT2D eigenvalue weighted by molar-refractivity contribution is -0.384. The average Bonchev–Trinajstić information content (AvgIpc) is 2.39. The third-order valence-electron chi connectivity index (χ3n) is 2.40. The van der Waals surface area contributed by atoms with Gasteiger partial charge in [0.15, 0.2) is 5.69 Å². The zero-order valence-electron chi connectivity index (χ0n) is 10.1. The topological polar surface area (TPSA) is 81.0 Å². The fraction of sp³-hybridized carbons (Fsp3) is 0.167. The molecule has 0 radical (unpaired) electrons. The van der Waals surface area contributed by atoms with E-state index in [4.69, 9.17) is 0 Å². The maximum absolute atomic E-state index is 13.2. The van der Waals surface area contributed by atoms with Crippen molar-refractivity contribution in [1.82, 2.24) is 9.97 Å². The minimum atomic E-state index is -0.587. The monoisotopic (exact) mass is 262 g/mol. The molecule has 0 aliphatic heterocycles. The van der Waals surface area contributed by atoms with Crippen molar-refractivity contribution >= 4 is 11.6 Å². The highest BCUT2D eigenvalue weighted by atomic mass is 19.1. The van der Waals surface area contributed by atoms with E-state index in [1.807, 2.05) is 6.92 Å². The number of benzene rings is 1. The van der Waals surface area contributed by atoms with Gasteiger partial charge in [-0.25, -0.2) is 14.4 Å². The van der Waals surface area contributed by atoms with E-state index in [9.17, 15) is 14.5 Å². The lowest BCUT2D eigenvalue weighted by Crippen LogP contribution is -2.05. The second-order valence-corrected chi connectivity index (χ2v) is 3.73. The van der Waals surface area contributed by atoms with Crippen molar-refractivity contribution in [2.75, 3.05) is 11.9 Å². The first-order valence-corrected chi connectivity index (χ1v) is 5.63. The number of aromatic nitrogens is 2. The van der Waals surface area contributed by atoms with Crippen molar-refractivity contribution in [3.8, 4) is 11.3 Å². The molecule has 1 aromatic carbocycles. The third kappa shape index (κ3) is 2.82. The van der Waals surface area contributed by atoms with Crippen LogP contribution in [0.4, 0.5) is 16.0 Å². The van der Waals surface area contributed by atoms with Crippen LogP contribution in [-0.4, -0.2) is 21.4 Å². The Morgan fingerprint density at radius 3 is 2.89 bits per heavy atom. The summed E-state index contributed by atoms with van der Waals surface area (Å²) in [6.07, 6.45) is 1.12. The van der Waals surface area contributed by atoms with Crippen LogP contribution < -0.4 is 5.32 Å². The Balaban J connectivity index is 2.57. The number of hydrogen-bond donors (Lipinski definition) is 1. The summed E-state index contributed by atoms with van der Waals surface area (Å²) in [5, 5.41) is 13.8. The van der Waals surface area contributed by atoms with Crippen LogP contribution >= 0.6 is 0 Å². The first kappa shape index (κ1) is 12.9. The normalized spacial score (nSPS) is 10.2. The molecule has 0 bridgehead atoms. The van der Waals surface area contributed by atoms with E-state index in [1.165, 1.54) is 18.2 Å². The highest BCUT2D eigenvalue weighted by Gasteiger charge is 2.19. The molecular formula is C12H11FN4O2. The number of nitro groups is 1. The maximum Gasteiger partial charge on any atom is 0.313 e. The predicted octanol–water partition coefficient (Wildman–Crippen LogP) is 2.62. The molecule has 7 heteroatoms. The Hall–Kier alpha value is -2.57. The molecule has 0 spiro atoms. The zero-order valence-corrected chi connectivity index (χ0v) is 10.1. The molecule has 2 rings (SSSR count). The molecule has 0 unspecified atom stereocenters. The molecule has 19 heavy (non-hydrogen) atoms. The molecule has 0 aliphatic carbocycles. The van der Waals surface area contributed by atoms with Crippen LogP contribution in [-0.2, 0) is 0 Å². The van der Waals surface area contributed by atoms with Gasteiger partial charge in [-0.2, -0.15) is 0 Å². The molecule has 1 N–H and O–H groups in total. The van der Waals surface area contributed by atoms with E-state index in [-0.39, 0.29) is 17.3 Å². The fourth-order valence-electron chi connectivity index (χ4n) is 1.60. The van der Waals surface area contributed by atoms with E-state index in [0.29, 0.717) is 12.1 Å². The van der Waals surface area contributed by atoms with Gasteiger partial charge in [-0.3, -0.25) is 10.1 Å². The van der Waals surface area contributed by atoms with Crippen molar-refractivity contribution in [3.05, 3.63) is 46.4 Å². The molecule has 6 nitrogen and oxygen atoms in total. The lowest BCUT2D eigenvalue weighted by Gasteiger charge is -2.05. The summed E-state index contributed by atoms with van der Waals surface area (Å²) in [6.45, 7) is 2.44. The van der Waals surface area contributed by atoms with E-state index in [0.717, 1.165) is 6.20 Å². The van der Waals surface area contributed by atoms with Gasteiger partial charge in [0.2, 0.25) is 5.95 Å². The molecule has 98 valence electrons. The molecule has 0 fully saturated rings. The second-order valence-electron chi connectivity index (χ2n) is 3.73. The number of hydrogen-bond acceptors (Lipinski definition) is 5. The molecule has 0 amide bonds. The van der Waals surface area contributed by atoms with Crippen molar-refractivity contribution in [2.24, 2.45) is 0 Å². The largest absolute Gasteiger partial charge is 0.354 e. The Morgan fingerprint density at radius 1 is 1.47 bits per heavy atom. The maximum atomic E-state index is 13.2. The van der Waals surface area contributed by atoms with E-state index in [2.05, 4.69) is 15.3 Å². The van der Waals surface area contributed by atoms with Gasteiger partial charge < -0.3 is 5.32 Å². The number of nitrogens with zero attached hydrogens (tertiary/aromatic N) is 3. The van der Waals surface area contributed by atoms with Gasteiger partial charge in [-0.1, -0.05) is 12.1 Å². The van der Waals surface area contributed by atoms with Crippen LogP contribution in [0.2, 0.25) is 0 Å². The lowest BCUT2D eigenvalue weighted by atomic mass is 10.1. The van der Waals surface area contributed by atoms with Crippen molar-refractivity contribution < 1.29 is 9.31 Å². The van der Waals surface area contributed by atoms with Gasteiger partial charge >= 0.3 is 5.69 Å². The first-order chi connectivity index (χ1) is 9.11. The minimum Gasteiger partial charge on any atom is -0.354 e. The van der Waals surface area contributed by atoms with Crippen LogP contribution in [0, 0.1) is 15.9 Å². The molecule has 1 heterocycles. The van der Waals surface area contributed by atoms with Gasteiger partial charge in [0.05, 0.1) is 4.92 Å². The molecule has 0 aliphatic rings. The summed E-state index contributed by atoms with van der Waals surface area (Å²) in [6, 6.07) is 5.50. The summed E-state index contributed by atoms with van der Waals surface area (Å²) >= 11 is 0. The smallest absolute Gasteiger partial charge is 0.313 e. The molecule has 0 atom stereocenters. The van der Waals surface area contributed by atoms with Gasteiger partial charge in [-0.05, 0) is 19.1 Å². The molecule has 1 aromatic heterocycles. The molecular weight excluding hydrogens is 251 g/mol. The zero-order chi connectivity index (χ0) is 13.8. The number of halogens is 1. The summed E-state index contributed by atoms with van der Waals surface area (Å²) < 4.78 is 13.2. The van der Waals surface area contributed by atoms with E-state index >= 15 is 0 Å². The van der Waals surface area contributed by atoms with Crippen LogP contribution in [0.3, 0.4) is 0 Å². The van der Waals surface area contributed by atoms with Crippen LogP contribution in [0.25, 0.3) is 11.3 Å². The highest BCUT2D eigenvalue weighted by Crippen LogP contribution is 2.28. The average molecular weight is 262 g/mol. The van der Waals surface area contributed by atoms with Gasteiger partial charge in [0.25, 0.3) is 0 Å². The molecule has 0 saturated heterocycles. The predicted molar refractivity (Wildman–Crippen MR) is 68.2 cm³/mol. The summed E-state index contributed by atoms with van der Waals surface area (Å²) in [5.74, 6) is -0.206. The van der Waals surface area contributed by atoms with Crippen LogP contribution in [0.5, 0.6) is 0 Å².